The lowest BCUT2D eigenvalue weighted by molar-refractivity contribution is -0.117. The number of anilines is 1. The van der Waals surface area contributed by atoms with Gasteiger partial charge in [0.25, 0.3) is 0 Å². The summed E-state index contributed by atoms with van der Waals surface area (Å²) in [6, 6.07) is 8.64. The predicted octanol–water partition coefficient (Wildman–Crippen LogP) is 4.52. The Hall–Kier alpha value is -5.37. The van der Waals surface area contributed by atoms with Crippen LogP contribution in [0.3, 0.4) is 0 Å². The Balaban J connectivity index is 1.36. The third-order valence-corrected chi connectivity index (χ3v) is 7.17. The van der Waals surface area contributed by atoms with Gasteiger partial charge >= 0.3 is 0 Å². The maximum atomic E-state index is 15.0. The van der Waals surface area contributed by atoms with E-state index >= 15 is 4.39 Å². The minimum absolute atomic E-state index is 0.00730. The monoisotopic (exact) mass is 619 g/mol. The molecule has 5 aromatic rings. The van der Waals surface area contributed by atoms with Crippen LogP contribution in [0.4, 0.5) is 18.9 Å². The molecule has 1 atom stereocenters. The van der Waals surface area contributed by atoms with Crippen LogP contribution in [0, 0.1) is 17.5 Å². The molecule has 11 nitrogen and oxygen atoms in total. The molecular formula is C29H21ClF3N9O2. The SMILES string of the molecule is O=C(/C=C/c1c(-n2cnnn2)ccc(Cl)c1F)NC1Cc2ccc(F)c(n2)CCC(=O)Nc2cc(F)ccc2-c2cnc1[nH]2. The molecule has 0 aliphatic carbocycles. The van der Waals surface area contributed by atoms with Crippen LogP contribution < -0.4 is 10.6 Å². The van der Waals surface area contributed by atoms with Crippen molar-refractivity contribution in [2.75, 3.05) is 5.32 Å². The maximum absolute atomic E-state index is 15.0. The molecule has 0 saturated carbocycles. The standard InChI is InChI=1S/C29H21ClF3N9O2/c30-19-5-8-25(42-14-35-40-41-42)18(28(19)33)4-9-26(43)38-23-12-16-2-6-20(32)21(36-16)7-10-27(44)37-22-11-15(31)1-3-17(22)24-13-34-29(23)39-24/h1-6,8-9,11,13-14,23H,7,10,12H2,(H,34,39)(H,37,44)(H,38,43)/b9-4+. The van der Waals surface area contributed by atoms with E-state index in [1.807, 2.05) is 0 Å². The van der Waals surface area contributed by atoms with Gasteiger partial charge in [-0.05, 0) is 59.0 Å². The lowest BCUT2D eigenvalue weighted by Crippen LogP contribution is -2.29. The van der Waals surface area contributed by atoms with Crippen LogP contribution in [0.1, 0.15) is 35.2 Å². The van der Waals surface area contributed by atoms with E-state index in [1.54, 1.807) is 0 Å². The van der Waals surface area contributed by atoms with Gasteiger partial charge in [0.05, 0.1) is 40.0 Å². The molecule has 6 rings (SSSR count). The predicted molar refractivity (Wildman–Crippen MR) is 153 cm³/mol. The molecular weight excluding hydrogens is 599 g/mol. The van der Waals surface area contributed by atoms with Gasteiger partial charge in [-0.3, -0.25) is 14.6 Å². The summed E-state index contributed by atoms with van der Waals surface area (Å²) in [6.07, 6.45) is 5.09. The van der Waals surface area contributed by atoms with Crippen LogP contribution in [0.5, 0.6) is 0 Å². The van der Waals surface area contributed by atoms with Gasteiger partial charge in [0.15, 0.2) is 5.82 Å². The fraction of sp³-hybridized carbons (Fsp3) is 0.138. The Kier molecular flexibility index (Phi) is 7.89. The number of H-pyrrole nitrogens is 1. The number of aryl methyl sites for hydroxylation is 1. The molecule has 1 aliphatic rings. The lowest BCUT2D eigenvalue weighted by Gasteiger charge is -2.17. The van der Waals surface area contributed by atoms with Crippen LogP contribution >= 0.6 is 11.6 Å². The number of hydrogen-bond donors (Lipinski definition) is 3. The van der Waals surface area contributed by atoms with Crippen molar-refractivity contribution in [1.29, 1.82) is 0 Å². The second-order valence-electron chi connectivity index (χ2n) is 9.80. The van der Waals surface area contributed by atoms with Gasteiger partial charge in [-0.25, -0.2) is 18.2 Å². The number of benzene rings is 2. The van der Waals surface area contributed by atoms with Gasteiger partial charge in [0.1, 0.15) is 23.8 Å². The number of tetrazole rings is 1. The Morgan fingerprint density at radius 1 is 1.11 bits per heavy atom. The Bertz CT molecular complexity index is 1910. The number of hydrogen-bond acceptors (Lipinski definition) is 7. The van der Waals surface area contributed by atoms with E-state index in [9.17, 15) is 18.4 Å². The molecule has 44 heavy (non-hydrogen) atoms. The molecule has 0 fully saturated rings. The number of carbonyl (C=O) groups excluding carboxylic acids is 2. The number of fused-ring (bicyclic) bond motifs is 6. The molecule has 3 aromatic heterocycles. The van der Waals surface area contributed by atoms with Crippen LogP contribution in [0.25, 0.3) is 23.0 Å². The van der Waals surface area contributed by atoms with Gasteiger partial charge in [0.2, 0.25) is 11.8 Å². The van der Waals surface area contributed by atoms with Crippen molar-refractivity contribution in [3.63, 3.8) is 0 Å². The smallest absolute Gasteiger partial charge is 0.244 e. The highest BCUT2D eigenvalue weighted by Crippen LogP contribution is 2.30. The van der Waals surface area contributed by atoms with Gasteiger partial charge in [0, 0.05) is 42.2 Å². The van der Waals surface area contributed by atoms with E-state index in [-0.39, 0.29) is 46.9 Å². The fourth-order valence-electron chi connectivity index (χ4n) is 4.76. The largest absolute Gasteiger partial charge is 0.342 e. The lowest BCUT2D eigenvalue weighted by atomic mass is 10.1. The van der Waals surface area contributed by atoms with Crippen molar-refractivity contribution in [2.45, 2.75) is 25.3 Å². The Labute approximate surface area is 252 Å². The summed E-state index contributed by atoms with van der Waals surface area (Å²) in [5, 5.41) is 16.2. The quantitative estimate of drug-likeness (QED) is 0.251. The first-order valence-electron chi connectivity index (χ1n) is 13.2. The van der Waals surface area contributed by atoms with Crippen molar-refractivity contribution in [1.82, 2.24) is 40.5 Å². The van der Waals surface area contributed by atoms with E-state index in [4.69, 9.17) is 11.6 Å². The molecule has 0 radical (unpaired) electrons. The number of aromatic nitrogens is 7. The second kappa shape index (κ2) is 12.1. The normalized spacial score (nSPS) is 15.0. The molecule has 1 unspecified atom stereocenters. The number of pyridine rings is 1. The molecule has 222 valence electrons. The number of rotatable bonds is 4. The number of carbonyl (C=O) groups is 2. The third-order valence-electron chi connectivity index (χ3n) is 6.87. The van der Waals surface area contributed by atoms with E-state index in [2.05, 4.69) is 41.1 Å². The van der Waals surface area contributed by atoms with Crippen LogP contribution in [0.15, 0.2) is 61.1 Å². The van der Waals surface area contributed by atoms with Gasteiger partial charge in [-0.15, -0.1) is 5.10 Å². The van der Waals surface area contributed by atoms with Crippen LogP contribution in [-0.2, 0) is 22.4 Å². The maximum Gasteiger partial charge on any atom is 0.244 e. The molecule has 2 aromatic carbocycles. The summed E-state index contributed by atoms with van der Waals surface area (Å²) < 4.78 is 44.9. The topological polar surface area (TPSA) is 143 Å². The molecule has 1 aliphatic heterocycles. The summed E-state index contributed by atoms with van der Waals surface area (Å²) in [7, 11) is 0. The minimum Gasteiger partial charge on any atom is -0.342 e. The molecule has 2 amide bonds. The van der Waals surface area contributed by atoms with Crippen LogP contribution in [0.2, 0.25) is 5.02 Å². The Morgan fingerprint density at radius 3 is 2.80 bits per heavy atom. The minimum atomic E-state index is -0.809. The summed E-state index contributed by atoms with van der Waals surface area (Å²) in [4.78, 5) is 37.8. The molecule has 0 spiro atoms. The van der Waals surface area contributed by atoms with Crippen LogP contribution in [-0.4, -0.2) is 47.0 Å². The number of halogens is 4. The first-order chi connectivity index (χ1) is 21.2. The first kappa shape index (κ1) is 28.7. The van der Waals surface area contributed by atoms with Crippen molar-refractivity contribution in [2.24, 2.45) is 0 Å². The number of nitrogens with one attached hydrogen (secondary N) is 3. The fourth-order valence-corrected chi connectivity index (χ4v) is 4.92. The summed E-state index contributed by atoms with van der Waals surface area (Å²) in [5.41, 5.74) is 1.80. The third kappa shape index (κ3) is 6.06. The summed E-state index contributed by atoms with van der Waals surface area (Å²) >= 11 is 5.99. The Morgan fingerprint density at radius 2 is 1.98 bits per heavy atom. The zero-order valence-electron chi connectivity index (χ0n) is 22.6. The van der Waals surface area contributed by atoms with E-state index < -0.39 is 35.3 Å². The molecule has 4 heterocycles. The number of nitrogens with zero attached hydrogens (tertiary/aromatic N) is 6. The highest BCUT2D eigenvalue weighted by molar-refractivity contribution is 6.31. The summed E-state index contributed by atoms with van der Waals surface area (Å²) in [5.74, 6) is -2.70. The second-order valence-corrected chi connectivity index (χ2v) is 10.2. The van der Waals surface area contributed by atoms with E-state index in [0.717, 1.165) is 6.08 Å². The van der Waals surface area contributed by atoms with Gasteiger partial charge in [-0.1, -0.05) is 11.6 Å². The van der Waals surface area contributed by atoms with Crippen molar-refractivity contribution < 1.29 is 22.8 Å². The average Bonchev–Trinajstić information content (AvgIpc) is 3.71. The van der Waals surface area contributed by atoms with E-state index in [1.165, 1.54) is 65.7 Å². The van der Waals surface area contributed by atoms with E-state index in [0.29, 0.717) is 22.8 Å². The molecule has 15 heteroatoms. The number of amides is 2. The van der Waals surface area contributed by atoms with Crippen molar-refractivity contribution in [3.8, 4) is 16.9 Å². The molecule has 0 saturated heterocycles. The molecule has 4 bridgehead atoms. The number of aromatic amines is 1. The zero-order chi connectivity index (χ0) is 30.8. The van der Waals surface area contributed by atoms with Crippen molar-refractivity contribution in [3.05, 3.63) is 106 Å². The average molecular weight is 620 g/mol. The zero-order valence-corrected chi connectivity index (χ0v) is 23.3. The van der Waals surface area contributed by atoms with Gasteiger partial charge in [-0.2, -0.15) is 4.68 Å². The van der Waals surface area contributed by atoms with Crippen molar-refractivity contribution >= 4 is 35.2 Å². The molecule has 3 N–H and O–H groups in total. The van der Waals surface area contributed by atoms with Gasteiger partial charge < -0.3 is 15.6 Å². The summed E-state index contributed by atoms with van der Waals surface area (Å²) in [6.45, 7) is 0. The number of imidazole rings is 1. The first-order valence-corrected chi connectivity index (χ1v) is 13.6. The highest BCUT2D eigenvalue weighted by atomic mass is 35.5. The highest BCUT2D eigenvalue weighted by Gasteiger charge is 2.22.